The fraction of sp³-hybridized carbons (Fsp3) is 0.400. The zero-order chi connectivity index (χ0) is 15.1. The second kappa shape index (κ2) is 5.10. The average molecular weight is 297 g/mol. The number of piperidine rings is 1. The Hall–Kier alpha value is -2.41. The van der Waals surface area contributed by atoms with Crippen LogP contribution in [0, 0.1) is 0 Å². The van der Waals surface area contributed by atoms with E-state index in [-0.39, 0.29) is 6.04 Å². The van der Waals surface area contributed by atoms with E-state index in [0.29, 0.717) is 5.82 Å². The van der Waals surface area contributed by atoms with Crippen molar-refractivity contribution in [1.82, 2.24) is 29.7 Å². The van der Waals surface area contributed by atoms with Crippen LogP contribution in [0.5, 0.6) is 0 Å². The van der Waals surface area contributed by atoms with Crippen molar-refractivity contribution in [2.24, 2.45) is 7.05 Å². The number of nitrogens with zero attached hydrogens (tertiary/aromatic N) is 5. The highest BCUT2D eigenvalue weighted by Crippen LogP contribution is 2.28. The van der Waals surface area contributed by atoms with Crippen LogP contribution in [0.25, 0.3) is 16.8 Å². The number of nitrogens with two attached hydrogens (primary N) is 1. The predicted molar refractivity (Wildman–Crippen MR) is 84.2 cm³/mol. The molecule has 0 aromatic carbocycles. The second-order valence-electron chi connectivity index (χ2n) is 5.80. The lowest BCUT2D eigenvalue weighted by Gasteiger charge is -2.23. The number of anilines is 1. The molecular weight excluding hydrogens is 278 g/mol. The van der Waals surface area contributed by atoms with Crippen LogP contribution in [-0.4, -0.2) is 30.9 Å². The van der Waals surface area contributed by atoms with Crippen molar-refractivity contribution in [3.8, 4) is 11.1 Å². The summed E-state index contributed by atoms with van der Waals surface area (Å²) in [4.78, 5) is 4.83. The quantitative estimate of drug-likeness (QED) is 0.749. The fourth-order valence-electron chi connectivity index (χ4n) is 3.05. The second-order valence-corrected chi connectivity index (χ2v) is 5.80. The van der Waals surface area contributed by atoms with Crippen molar-refractivity contribution in [1.29, 1.82) is 0 Å². The number of nitrogens with one attached hydrogen (secondary N) is 1. The minimum atomic E-state index is 0.276. The summed E-state index contributed by atoms with van der Waals surface area (Å²) in [5, 5.41) is 12.1. The topological polar surface area (TPSA) is 86.1 Å². The summed E-state index contributed by atoms with van der Waals surface area (Å²) in [5.74, 6) is 0.613. The first-order valence-electron chi connectivity index (χ1n) is 7.59. The maximum atomic E-state index is 6.17. The van der Waals surface area contributed by atoms with Crippen molar-refractivity contribution in [2.75, 3.05) is 12.3 Å². The highest BCUT2D eigenvalue weighted by atomic mass is 15.3. The summed E-state index contributed by atoms with van der Waals surface area (Å²) in [6, 6.07) is 2.20. The normalized spacial score (nSPS) is 18.9. The zero-order valence-electron chi connectivity index (χ0n) is 12.5. The van der Waals surface area contributed by atoms with Crippen molar-refractivity contribution in [3.05, 3.63) is 30.4 Å². The molecule has 22 heavy (non-hydrogen) atoms. The highest BCUT2D eigenvalue weighted by Gasteiger charge is 2.19. The molecule has 1 fully saturated rings. The number of hydrogen-bond donors (Lipinski definition) is 2. The molecule has 7 nitrogen and oxygen atoms in total. The number of rotatable bonds is 2. The van der Waals surface area contributed by atoms with Gasteiger partial charge in [0.05, 0.1) is 18.1 Å². The van der Waals surface area contributed by atoms with Gasteiger partial charge in [0.1, 0.15) is 5.82 Å². The first kappa shape index (κ1) is 13.3. The van der Waals surface area contributed by atoms with Crippen LogP contribution in [0.1, 0.15) is 31.0 Å². The highest BCUT2D eigenvalue weighted by molar-refractivity contribution is 5.77. The van der Waals surface area contributed by atoms with Crippen LogP contribution in [0.2, 0.25) is 0 Å². The standard InChI is InChI=1S/C15H19N7/c1-21-9-10(7-18-21)11-8-19-22-14(16)6-13(20-15(11)22)12-4-2-3-5-17-12/h6-9,12,17H,2-5,16H2,1H3. The first-order chi connectivity index (χ1) is 10.7. The monoisotopic (exact) mass is 297 g/mol. The molecule has 1 aliphatic rings. The molecule has 114 valence electrons. The number of nitrogen functional groups attached to an aromatic ring is 1. The molecule has 0 radical (unpaired) electrons. The Balaban J connectivity index is 1.84. The SMILES string of the molecule is Cn1cc(-c2cnn3c(N)cc(C4CCCCN4)nc23)cn1. The Labute approximate surface area is 128 Å². The van der Waals surface area contributed by atoms with Crippen LogP contribution in [0.3, 0.4) is 0 Å². The molecule has 3 N–H and O–H groups in total. The zero-order valence-corrected chi connectivity index (χ0v) is 12.5. The summed E-state index contributed by atoms with van der Waals surface area (Å²) in [6.07, 6.45) is 9.12. The van der Waals surface area contributed by atoms with Crippen LogP contribution >= 0.6 is 0 Å². The molecule has 4 rings (SSSR count). The van der Waals surface area contributed by atoms with E-state index in [4.69, 9.17) is 10.7 Å². The predicted octanol–water partition coefficient (Wildman–Crippen LogP) is 1.53. The third-order valence-electron chi connectivity index (χ3n) is 4.20. The third kappa shape index (κ3) is 2.14. The molecule has 1 unspecified atom stereocenters. The lowest BCUT2D eigenvalue weighted by molar-refractivity contribution is 0.405. The van der Waals surface area contributed by atoms with Gasteiger partial charge in [-0.1, -0.05) is 6.42 Å². The molecule has 0 spiro atoms. The molecule has 0 saturated carbocycles. The minimum Gasteiger partial charge on any atom is -0.384 e. The van der Waals surface area contributed by atoms with E-state index >= 15 is 0 Å². The number of fused-ring (bicyclic) bond motifs is 1. The van der Waals surface area contributed by atoms with E-state index in [2.05, 4.69) is 15.5 Å². The molecule has 0 amide bonds. The van der Waals surface area contributed by atoms with Gasteiger partial charge >= 0.3 is 0 Å². The van der Waals surface area contributed by atoms with Crippen molar-refractivity contribution >= 4 is 11.5 Å². The number of hydrogen-bond acceptors (Lipinski definition) is 5. The molecule has 0 bridgehead atoms. The Kier molecular flexibility index (Phi) is 3.07. The molecule has 1 atom stereocenters. The minimum absolute atomic E-state index is 0.276. The van der Waals surface area contributed by atoms with E-state index < -0.39 is 0 Å². The van der Waals surface area contributed by atoms with E-state index in [1.165, 1.54) is 12.8 Å². The maximum absolute atomic E-state index is 6.17. The van der Waals surface area contributed by atoms with Gasteiger partial charge < -0.3 is 11.1 Å². The summed E-state index contributed by atoms with van der Waals surface area (Å²) in [7, 11) is 1.90. The van der Waals surface area contributed by atoms with Gasteiger partial charge in [0.15, 0.2) is 5.65 Å². The smallest absolute Gasteiger partial charge is 0.165 e. The summed E-state index contributed by atoms with van der Waals surface area (Å²) < 4.78 is 3.46. The Morgan fingerprint density at radius 3 is 2.91 bits per heavy atom. The van der Waals surface area contributed by atoms with Gasteiger partial charge in [-0.05, 0) is 19.4 Å². The van der Waals surface area contributed by atoms with E-state index in [1.54, 1.807) is 15.4 Å². The number of aromatic nitrogens is 5. The Morgan fingerprint density at radius 1 is 1.27 bits per heavy atom. The van der Waals surface area contributed by atoms with Gasteiger partial charge in [-0.3, -0.25) is 4.68 Å². The van der Waals surface area contributed by atoms with Crippen LogP contribution in [-0.2, 0) is 7.05 Å². The molecule has 0 aliphatic carbocycles. The van der Waals surface area contributed by atoms with E-state index in [1.807, 2.05) is 25.5 Å². The summed E-state index contributed by atoms with van der Waals surface area (Å²) >= 11 is 0. The Bertz CT molecular complexity index is 811. The molecule has 7 heteroatoms. The van der Waals surface area contributed by atoms with Crippen LogP contribution in [0.4, 0.5) is 5.82 Å². The van der Waals surface area contributed by atoms with E-state index in [9.17, 15) is 0 Å². The molecular formula is C15H19N7. The molecule has 1 saturated heterocycles. The van der Waals surface area contributed by atoms with Crippen LogP contribution < -0.4 is 11.1 Å². The van der Waals surface area contributed by atoms with Gasteiger partial charge in [0.2, 0.25) is 0 Å². The molecule has 3 aromatic rings. The molecule has 4 heterocycles. The van der Waals surface area contributed by atoms with Crippen molar-refractivity contribution in [2.45, 2.75) is 25.3 Å². The van der Waals surface area contributed by atoms with Gasteiger partial charge in [0, 0.05) is 36.5 Å². The fourth-order valence-corrected chi connectivity index (χ4v) is 3.05. The van der Waals surface area contributed by atoms with Crippen molar-refractivity contribution in [3.63, 3.8) is 0 Å². The van der Waals surface area contributed by atoms with Gasteiger partial charge in [-0.15, -0.1) is 0 Å². The van der Waals surface area contributed by atoms with Crippen LogP contribution in [0.15, 0.2) is 24.7 Å². The lowest BCUT2D eigenvalue weighted by Crippen LogP contribution is -2.27. The Morgan fingerprint density at radius 2 is 2.18 bits per heavy atom. The lowest BCUT2D eigenvalue weighted by atomic mass is 10.0. The summed E-state index contributed by atoms with van der Waals surface area (Å²) in [6.45, 7) is 1.03. The summed E-state index contributed by atoms with van der Waals surface area (Å²) in [5.41, 5.74) is 9.91. The van der Waals surface area contributed by atoms with Gasteiger partial charge in [-0.2, -0.15) is 14.7 Å². The van der Waals surface area contributed by atoms with Crippen molar-refractivity contribution < 1.29 is 0 Å². The number of aryl methyl sites for hydroxylation is 1. The first-order valence-corrected chi connectivity index (χ1v) is 7.59. The molecule has 3 aromatic heterocycles. The van der Waals surface area contributed by atoms with Gasteiger partial charge in [0.25, 0.3) is 0 Å². The largest absolute Gasteiger partial charge is 0.384 e. The van der Waals surface area contributed by atoms with E-state index in [0.717, 1.165) is 35.4 Å². The third-order valence-corrected chi connectivity index (χ3v) is 4.20. The maximum Gasteiger partial charge on any atom is 0.165 e. The molecule has 1 aliphatic heterocycles. The van der Waals surface area contributed by atoms with Gasteiger partial charge in [-0.25, -0.2) is 4.98 Å². The average Bonchev–Trinajstić information content (AvgIpc) is 3.14.